The van der Waals surface area contributed by atoms with Gasteiger partial charge in [-0.2, -0.15) is 0 Å². The third-order valence-corrected chi connectivity index (χ3v) is 7.27. The third kappa shape index (κ3) is 2.05. The van der Waals surface area contributed by atoms with E-state index in [9.17, 15) is 0 Å². The van der Waals surface area contributed by atoms with Gasteiger partial charge < -0.3 is 0 Å². The van der Waals surface area contributed by atoms with Crippen LogP contribution in [0.4, 0.5) is 0 Å². The van der Waals surface area contributed by atoms with Crippen LogP contribution < -0.4 is 0 Å². The Labute approximate surface area is 181 Å². The van der Waals surface area contributed by atoms with Crippen LogP contribution in [0.5, 0.6) is 0 Å². The summed E-state index contributed by atoms with van der Waals surface area (Å²) in [4.78, 5) is 0. The Morgan fingerprint density at radius 2 is 1.00 bits per heavy atom. The topological polar surface area (TPSA) is 0 Å². The minimum absolute atomic E-state index is 0.274. The maximum absolute atomic E-state index is 3.74. The van der Waals surface area contributed by atoms with Crippen molar-refractivity contribution in [1.29, 1.82) is 0 Å². The number of hydrogen-bond acceptors (Lipinski definition) is 0. The molecule has 1 spiro atoms. The van der Waals surface area contributed by atoms with Gasteiger partial charge >= 0.3 is 0 Å². The predicted octanol–water partition coefficient (Wildman–Crippen LogP) is 7.48. The molecule has 2 aliphatic carbocycles. The Kier molecular flexibility index (Phi) is 3.54. The predicted molar refractivity (Wildman–Crippen MR) is 122 cm³/mol. The molecule has 2 heteroatoms. The molecule has 0 aromatic heterocycles. The number of hydrogen-bond donors (Lipinski definition) is 0. The molecule has 0 atom stereocenters. The number of fused-ring (bicyclic) bond motifs is 9. The van der Waals surface area contributed by atoms with Gasteiger partial charge in [-0.05, 0) is 75.2 Å². The lowest BCUT2D eigenvalue weighted by atomic mass is 9.61. The lowest BCUT2D eigenvalue weighted by Gasteiger charge is -2.40. The molecule has 28 heavy (non-hydrogen) atoms. The first kappa shape index (κ1) is 16.8. The smallest absolute Gasteiger partial charge is 0.0620 e. The maximum Gasteiger partial charge on any atom is 0.0719 e. The second-order valence-corrected chi connectivity index (χ2v) is 9.45. The fourth-order valence-corrected chi connectivity index (χ4v) is 6.00. The van der Waals surface area contributed by atoms with Crippen LogP contribution in [-0.2, 0) is 11.8 Å². The Bertz CT molecular complexity index is 1170. The van der Waals surface area contributed by atoms with Crippen molar-refractivity contribution in [3.8, 4) is 11.1 Å². The Hall–Kier alpha value is -2.16. The highest BCUT2D eigenvalue weighted by Gasteiger charge is 2.49. The molecular weight excluding hydrogens is 472 g/mol. The highest BCUT2D eigenvalue weighted by atomic mass is 79.9. The molecule has 4 aromatic carbocycles. The fraction of sp³-hybridized carbons (Fsp3) is 0.0769. The van der Waals surface area contributed by atoms with E-state index >= 15 is 0 Å². The molecule has 134 valence electrons. The highest BCUT2D eigenvalue weighted by molar-refractivity contribution is 9.10. The summed E-state index contributed by atoms with van der Waals surface area (Å²) in [5, 5.41) is 0. The van der Waals surface area contributed by atoms with Crippen molar-refractivity contribution in [2.24, 2.45) is 0 Å². The van der Waals surface area contributed by atoms with E-state index in [0.29, 0.717) is 0 Å². The SMILES string of the molecule is Brc1ccc2c(c1)C1(c3ccccc3Cc3ccccc31)c1cc(Br)ccc1-2. The van der Waals surface area contributed by atoms with Crippen LogP contribution in [0.25, 0.3) is 11.1 Å². The molecule has 0 unspecified atom stereocenters. The molecule has 0 saturated carbocycles. The summed E-state index contributed by atoms with van der Waals surface area (Å²) in [6.45, 7) is 0. The van der Waals surface area contributed by atoms with E-state index in [1.807, 2.05) is 0 Å². The van der Waals surface area contributed by atoms with Gasteiger partial charge in [0.2, 0.25) is 0 Å². The fourth-order valence-electron chi connectivity index (χ4n) is 5.28. The molecule has 0 aliphatic heterocycles. The largest absolute Gasteiger partial charge is 0.0719 e. The molecule has 6 rings (SSSR count). The van der Waals surface area contributed by atoms with Crippen molar-refractivity contribution < 1.29 is 0 Å². The minimum Gasteiger partial charge on any atom is -0.0620 e. The first-order valence-electron chi connectivity index (χ1n) is 9.47. The summed E-state index contributed by atoms with van der Waals surface area (Å²) in [5.74, 6) is 0. The van der Waals surface area contributed by atoms with Gasteiger partial charge in [-0.25, -0.2) is 0 Å². The van der Waals surface area contributed by atoms with Crippen molar-refractivity contribution in [1.82, 2.24) is 0 Å². The van der Waals surface area contributed by atoms with E-state index in [2.05, 4.69) is 117 Å². The second kappa shape index (κ2) is 5.92. The van der Waals surface area contributed by atoms with Gasteiger partial charge in [-0.3, -0.25) is 0 Å². The zero-order valence-corrected chi connectivity index (χ0v) is 18.2. The number of halogens is 2. The maximum atomic E-state index is 3.74. The van der Waals surface area contributed by atoms with E-state index < -0.39 is 0 Å². The zero-order chi connectivity index (χ0) is 18.9. The summed E-state index contributed by atoms with van der Waals surface area (Å²) in [7, 11) is 0. The van der Waals surface area contributed by atoms with Crippen LogP contribution in [0.1, 0.15) is 33.4 Å². The van der Waals surface area contributed by atoms with Crippen molar-refractivity contribution in [2.45, 2.75) is 11.8 Å². The van der Waals surface area contributed by atoms with E-state index in [-0.39, 0.29) is 5.41 Å². The molecule has 0 amide bonds. The van der Waals surface area contributed by atoms with Crippen LogP contribution >= 0.6 is 31.9 Å². The minimum atomic E-state index is -0.274. The summed E-state index contributed by atoms with van der Waals surface area (Å²) < 4.78 is 2.25. The van der Waals surface area contributed by atoms with Crippen molar-refractivity contribution in [3.05, 3.63) is 127 Å². The molecule has 4 aromatic rings. The van der Waals surface area contributed by atoms with Crippen LogP contribution in [-0.4, -0.2) is 0 Å². The van der Waals surface area contributed by atoms with Gasteiger partial charge in [0.05, 0.1) is 5.41 Å². The quantitative estimate of drug-likeness (QED) is 0.208. The van der Waals surface area contributed by atoms with Gasteiger partial charge in [0.15, 0.2) is 0 Å². The summed E-state index contributed by atoms with van der Waals surface area (Å²) in [6.07, 6.45) is 0.987. The lowest BCUT2D eigenvalue weighted by molar-refractivity contribution is 0.721. The van der Waals surface area contributed by atoms with E-state index in [4.69, 9.17) is 0 Å². The molecule has 0 bridgehead atoms. The van der Waals surface area contributed by atoms with E-state index in [0.717, 1.165) is 15.4 Å². The number of benzene rings is 4. The standard InChI is InChI=1S/C26H16Br2/c27-18-9-11-20-21-12-10-19(28)15-25(21)26(24(20)14-18)22-7-3-1-5-16(22)13-17-6-2-4-8-23(17)26/h1-12,14-15H,13H2. The monoisotopic (exact) mass is 486 g/mol. The molecule has 2 aliphatic rings. The van der Waals surface area contributed by atoms with Crippen molar-refractivity contribution in [2.75, 3.05) is 0 Å². The summed E-state index contributed by atoms with van der Waals surface area (Å²) in [6, 6.07) is 31.4. The first-order chi connectivity index (χ1) is 13.7. The van der Waals surface area contributed by atoms with E-state index in [1.54, 1.807) is 0 Å². The molecule has 0 N–H and O–H groups in total. The molecular formula is C26H16Br2. The third-order valence-electron chi connectivity index (χ3n) is 6.29. The molecule has 0 heterocycles. The molecule has 0 saturated heterocycles. The van der Waals surface area contributed by atoms with Crippen molar-refractivity contribution >= 4 is 31.9 Å². The summed E-state index contributed by atoms with van der Waals surface area (Å²) >= 11 is 7.49. The van der Waals surface area contributed by atoms with Gasteiger partial charge in [0, 0.05) is 8.95 Å². The van der Waals surface area contributed by atoms with Gasteiger partial charge in [-0.1, -0.05) is 92.5 Å². The Balaban J connectivity index is 1.87. The zero-order valence-electron chi connectivity index (χ0n) is 15.0. The van der Waals surface area contributed by atoms with Crippen LogP contribution in [0, 0.1) is 0 Å². The first-order valence-corrected chi connectivity index (χ1v) is 11.1. The Morgan fingerprint density at radius 3 is 1.50 bits per heavy atom. The molecule has 0 nitrogen and oxygen atoms in total. The van der Waals surface area contributed by atoms with Gasteiger partial charge in [0.25, 0.3) is 0 Å². The van der Waals surface area contributed by atoms with Crippen LogP contribution in [0.15, 0.2) is 93.9 Å². The van der Waals surface area contributed by atoms with Crippen LogP contribution in [0.3, 0.4) is 0 Å². The average molecular weight is 488 g/mol. The number of rotatable bonds is 0. The highest BCUT2D eigenvalue weighted by Crippen LogP contribution is 2.59. The molecule has 0 fully saturated rings. The molecule has 0 radical (unpaired) electrons. The van der Waals surface area contributed by atoms with Gasteiger partial charge in [-0.15, -0.1) is 0 Å². The van der Waals surface area contributed by atoms with Crippen LogP contribution in [0.2, 0.25) is 0 Å². The lowest BCUT2D eigenvalue weighted by Crippen LogP contribution is -2.34. The normalized spacial score (nSPS) is 14.9. The average Bonchev–Trinajstić information content (AvgIpc) is 2.98. The van der Waals surface area contributed by atoms with E-state index in [1.165, 1.54) is 44.5 Å². The Morgan fingerprint density at radius 1 is 0.536 bits per heavy atom. The van der Waals surface area contributed by atoms with Gasteiger partial charge in [0.1, 0.15) is 0 Å². The summed E-state index contributed by atoms with van der Waals surface area (Å²) in [5.41, 5.74) is 10.8. The van der Waals surface area contributed by atoms with Crippen molar-refractivity contribution in [3.63, 3.8) is 0 Å². The second-order valence-electron chi connectivity index (χ2n) is 7.62.